The van der Waals surface area contributed by atoms with Gasteiger partial charge in [0.05, 0.1) is 25.8 Å². The van der Waals surface area contributed by atoms with Crippen LogP contribution in [0.15, 0.2) is 42.5 Å². The molecule has 0 aliphatic rings. The number of methoxy groups -OCH3 is 2. The molecular weight excluding hydrogens is 449 g/mol. The fourth-order valence-electron chi connectivity index (χ4n) is 2.34. The number of esters is 1. The van der Waals surface area contributed by atoms with Crippen LogP contribution in [0.25, 0.3) is 0 Å². The fourth-order valence-corrected chi connectivity index (χ4v) is 2.70. The maximum atomic E-state index is 12.1. The maximum absolute atomic E-state index is 12.1. The normalized spacial score (nSPS) is 11.4. The summed E-state index contributed by atoms with van der Waals surface area (Å²) in [4.78, 5) is 24.1. The van der Waals surface area contributed by atoms with E-state index in [0.29, 0.717) is 17.1 Å². The molecule has 0 aliphatic heterocycles. The number of rotatable bonds is 7. The second-order valence-corrected chi connectivity index (χ2v) is 6.73. The molecule has 2 aromatic carbocycles. The molecule has 2 rings (SSSR count). The average Bonchev–Trinajstić information content (AvgIpc) is 2.66. The molecule has 1 amide bonds. The van der Waals surface area contributed by atoms with Gasteiger partial charge in [-0.2, -0.15) is 0 Å². The lowest BCUT2D eigenvalue weighted by atomic mass is 10.1. The lowest BCUT2D eigenvalue weighted by Gasteiger charge is -2.18. The number of ether oxygens (including phenoxy) is 3. The zero-order valence-electron chi connectivity index (χ0n) is 14.7. The molecule has 26 heavy (non-hydrogen) atoms. The Balaban J connectivity index is 1.95. The van der Waals surface area contributed by atoms with Crippen LogP contribution in [0.2, 0.25) is 0 Å². The smallest absolute Gasteiger partial charge is 0.338 e. The highest BCUT2D eigenvalue weighted by Gasteiger charge is 2.17. The molecule has 6 nitrogen and oxygen atoms in total. The van der Waals surface area contributed by atoms with Crippen molar-refractivity contribution in [2.45, 2.75) is 13.0 Å². The van der Waals surface area contributed by atoms with Gasteiger partial charge in [-0.1, -0.05) is 0 Å². The van der Waals surface area contributed by atoms with Crippen molar-refractivity contribution in [2.75, 3.05) is 20.8 Å². The molecular formula is C19H20INO5. The van der Waals surface area contributed by atoms with Crippen LogP contribution in [0.5, 0.6) is 11.5 Å². The molecule has 0 radical (unpaired) electrons. The Morgan fingerprint density at radius 2 is 1.77 bits per heavy atom. The summed E-state index contributed by atoms with van der Waals surface area (Å²) in [6, 6.07) is 11.9. The molecule has 0 heterocycles. The van der Waals surface area contributed by atoms with Crippen molar-refractivity contribution in [3.8, 4) is 11.5 Å². The van der Waals surface area contributed by atoms with Gasteiger partial charge in [-0.15, -0.1) is 0 Å². The Bertz CT molecular complexity index is 776. The predicted molar refractivity (Wildman–Crippen MR) is 106 cm³/mol. The number of hydrogen-bond acceptors (Lipinski definition) is 5. The van der Waals surface area contributed by atoms with Gasteiger partial charge in [0.1, 0.15) is 11.5 Å². The molecule has 1 atom stereocenters. The van der Waals surface area contributed by atoms with E-state index in [9.17, 15) is 9.59 Å². The number of carbonyl (C=O) groups is 2. The lowest BCUT2D eigenvalue weighted by Crippen LogP contribution is -2.31. The van der Waals surface area contributed by atoms with Gasteiger partial charge < -0.3 is 19.5 Å². The Labute approximate surface area is 166 Å². The third kappa shape index (κ3) is 5.35. The number of amides is 1. The van der Waals surface area contributed by atoms with Crippen LogP contribution in [0.1, 0.15) is 28.9 Å². The first kappa shape index (κ1) is 20.0. The van der Waals surface area contributed by atoms with E-state index in [0.717, 1.165) is 9.13 Å². The van der Waals surface area contributed by atoms with E-state index in [1.807, 2.05) is 6.92 Å². The third-order valence-corrected chi connectivity index (χ3v) is 4.41. The number of benzene rings is 2. The van der Waals surface area contributed by atoms with E-state index < -0.39 is 11.9 Å². The summed E-state index contributed by atoms with van der Waals surface area (Å²) in [6.45, 7) is 1.46. The van der Waals surface area contributed by atoms with Crippen molar-refractivity contribution in [2.24, 2.45) is 0 Å². The van der Waals surface area contributed by atoms with E-state index in [1.165, 1.54) is 0 Å². The molecule has 0 bridgehead atoms. The molecule has 2 aromatic rings. The molecule has 1 N–H and O–H groups in total. The minimum Gasteiger partial charge on any atom is -0.497 e. The van der Waals surface area contributed by atoms with Gasteiger partial charge in [-0.3, -0.25) is 4.79 Å². The summed E-state index contributed by atoms with van der Waals surface area (Å²) in [5, 5.41) is 2.79. The van der Waals surface area contributed by atoms with Gasteiger partial charge >= 0.3 is 5.97 Å². The van der Waals surface area contributed by atoms with Crippen molar-refractivity contribution < 1.29 is 23.8 Å². The highest BCUT2D eigenvalue weighted by molar-refractivity contribution is 14.1. The van der Waals surface area contributed by atoms with Crippen LogP contribution < -0.4 is 14.8 Å². The molecule has 0 aliphatic carbocycles. The third-order valence-electron chi connectivity index (χ3n) is 3.70. The lowest BCUT2D eigenvalue weighted by molar-refractivity contribution is -0.124. The van der Waals surface area contributed by atoms with Crippen LogP contribution in [-0.2, 0) is 9.53 Å². The van der Waals surface area contributed by atoms with Gasteiger partial charge in [0.15, 0.2) is 6.61 Å². The second kappa shape index (κ2) is 9.42. The predicted octanol–water partition coefficient (Wildman–Crippen LogP) is 3.34. The zero-order valence-corrected chi connectivity index (χ0v) is 16.9. The molecule has 0 spiro atoms. The number of nitrogens with one attached hydrogen (secondary N) is 1. The SMILES string of the molecule is COc1ccc(OC)c(C(C)NC(=O)COC(=O)c2ccc(I)cc2)c1. The Morgan fingerprint density at radius 3 is 2.38 bits per heavy atom. The summed E-state index contributed by atoms with van der Waals surface area (Å²) in [5.74, 6) is 0.353. The van der Waals surface area contributed by atoms with Gasteiger partial charge in [-0.25, -0.2) is 4.79 Å². The highest BCUT2D eigenvalue weighted by Crippen LogP contribution is 2.29. The largest absolute Gasteiger partial charge is 0.497 e. The first-order valence-electron chi connectivity index (χ1n) is 7.88. The highest BCUT2D eigenvalue weighted by atomic mass is 127. The molecule has 0 saturated heterocycles. The zero-order chi connectivity index (χ0) is 19.1. The Morgan fingerprint density at radius 1 is 1.08 bits per heavy atom. The Hall–Kier alpha value is -2.29. The molecule has 0 saturated carbocycles. The van der Waals surface area contributed by atoms with Crippen molar-refractivity contribution in [1.82, 2.24) is 5.32 Å². The van der Waals surface area contributed by atoms with E-state index in [1.54, 1.807) is 56.7 Å². The Kier molecular flexibility index (Phi) is 7.26. The fraction of sp³-hybridized carbons (Fsp3) is 0.263. The van der Waals surface area contributed by atoms with Gasteiger partial charge in [0, 0.05) is 9.13 Å². The van der Waals surface area contributed by atoms with Gasteiger partial charge in [0.25, 0.3) is 5.91 Å². The number of halogens is 1. The van der Waals surface area contributed by atoms with Crippen LogP contribution in [0, 0.1) is 3.57 Å². The molecule has 0 aromatic heterocycles. The van der Waals surface area contributed by atoms with Crippen molar-refractivity contribution in [3.05, 3.63) is 57.2 Å². The van der Waals surface area contributed by atoms with Crippen LogP contribution in [0.4, 0.5) is 0 Å². The molecule has 138 valence electrons. The van der Waals surface area contributed by atoms with Crippen molar-refractivity contribution >= 4 is 34.5 Å². The monoisotopic (exact) mass is 469 g/mol. The molecule has 1 unspecified atom stereocenters. The summed E-state index contributed by atoms with van der Waals surface area (Å²) in [7, 11) is 3.13. The maximum Gasteiger partial charge on any atom is 0.338 e. The minimum absolute atomic E-state index is 0.343. The van der Waals surface area contributed by atoms with E-state index >= 15 is 0 Å². The van der Waals surface area contributed by atoms with E-state index in [-0.39, 0.29) is 12.6 Å². The van der Waals surface area contributed by atoms with E-state index in [2.05, 4.69) is 27.9 Å². The number of hydrogen-bond donors (Lipinski definition) is 1. The summed E-state index contributed by atoms with van der Waals surface area (Å²) in [6.07, 6.45) is 0. The van der Waals surface area contributed by atoms with E-state index in [4.69, 9.17) is 14.2 Å². The number of carbonyl (C=O) groups excluding carboxylic acids is 2. The van der Waals surface area contributed by atoms with Crippen LogP contribution in [0.3, 0.4) is 0 Å². The first-order valence-corrected chi connectivity index (χ1v) is 8.96. The topological polar surface area (TPSA) is 73.9 Å². The van der Waals surface area contributed by atoms with Gasteiger partial charge in [-0.05, 0) is 72.0 Å². The first-order chi connectivity index (χ1) is 12.4. The summed E-state index contributed by atoms with van der Waals surface area (Å²) in [5.41, 5.74) is 1.17. The summed E-state index contributed by atoms with van der Waals surface area (Å²) >= 11 is 2.15. The quantitative estimate of drug-likeness (QED) is 0.498. The van der Waals surface area contributed by atoms with Crippen LogP contribution >= 0.6 is 22.6 Å². The second-order valence-electron chi connectivity index (χ2n) is 5.48. The summed E-state index contributed by atoms with van der Waals surface area (Å²) < 4.78 is 16.6. The van der Waals surface area contributed by atoms with Gasteiger partial charge in [0.2, 0.25) is 0 Å². The van der Waals surface area contributed by atoms with Crippen molar-refractivity contribution in [1.29, 1.82) is 0 Å². The van der Waals surface area contributed by atoms with Crippen LogP contribution in [-0.4, -0.2) is 32.7 Å². The minimum atomic E-state index is -0.539. The molecule has 7 heteroatoms. The van der Waals surface area contributed by atoms with Crippen molar-refractivity contribution in [3.63, 3.8) is 0 Å². The standard InChI is InChI=1S/C19H20INO5/c1-12(16-10-15(24-2)8-9-17(16)25-3)21-18(22)11-26-19(23)13-4-6-14(20)7-5-13/h4-10,12H,11H2,1-3H3,(H,21,22). The molecule has 0 fully saturated rings. The average molecular weight is 469 g/mol.